The molecule has 1 aromatic carbocycles. The van der Waals surface area contributed by atoms with Gasteiger partial charge in [0, 0.05) is 12.5 Å². The van der Waals surface area contributed by atoms with E-state index in [0.717, 1.165) is 11.8 Å². The first-order valence-corrected chi connectivity index (χ1v) is 10.0. The van der Waals surface area contributed by atoms with E-state index < -0.39 is 17.2 Å². The van der Waals surface area contributed by atoms with Crippen molar-refractivity contribution >= 4 is 11.7 Å². The van der Waals surface area contributed by atoms with Crippen molar-refractivity contribution in [3.05, 3.63) is 77.5 Å². The molecule has 0 unspecified atom stereocenters. The molecule has 1 N–H and O–H groups in total. The van der Waals surface area contributed by atoms with Gasteiger partial charge in [0.15, 0.2) is 5.75 Å². The molecular weight excluding hydrogens is 418 g/mol. The topological polar surface area (TPSA) is 86.2 Å². The number of hydrogen-bond donors (Lipinski definition) is 1. The van der Waals surface area contributed by atoms with Gasteiger partial charge in [-0.25, -0.2) is 23.7 Å². The minimum absolute atomic E-state index is 0.163. The fraction of sp³-hybridized carbons (Fsp3) is 0.304. The third-order valence-corrected chi connectivity index (χ3v) is 5.51. The standard InChI is InChI=1S/C23H22F2N4O3/c1-14-26-11-20(19(28-14)12-31-2)32-13-23(15-3-5-16(24)6-4-15)9-18(23)22(30)29-21-8-7-17(25)10-27-21/h3-8,10-11,18H,9,12-13H2,1-2H3,(H,27,29,30)/t18-,23+/m0/s1. The predicted molar refractivity (Wildman–Crippen MR) is 112 cm³/mol. The van der Waals surface area contributed by atoms with E-state index in [1.807, 2.05) is 0 Å². The summed E-state index contributed by atoms with van der Waals surface area (Å²) in [5.41, 5.74) is 0.728. The second-order valence-electron chi connectivity index (χ2n) is 7.72. The smallest absolute Gasteiger partial charge is 0.229 e. The zero-order chi connectivity index (χ0) is 22.7. The number of aryl methyl sites for hydroxylation is 1. The van der Waals surface area contributed by atoms with E-state index in [4.69, 9.17) is 9.47 Å². The number of carbonyl (C=O) groups is 1. The highest BCUT2D eigenvalue weighted by Gasteiger charge is 2.60. The van der Waals surface area contributed by atoms with Crippen LogP contribution in [0.1, 0.15) is 23.5 Å². The number of carbonyl (C=O) groups excluding carboxylic acids is 1. The van der Waals surface area contributed by atoms with Crippen LogP contribution in [0.25, 0.3) is 0 Å². The van der Waals surface area contributed by atoms with E-state index >= 15 is 0 Å². The summed E-state index contributed by atoms with van der Waals surface area (Å²) in [5.74, 6) is -0.247. The van der Waals surface area contributed by atoms with Gasteiger partial charge in [-0.05, 0) is 43.2 Å². The average Bonchev–Trinajstić information content (AvgIpc) is 3.51. The first kappa shape index (κ1) is 21.8. The van der Waals surface area contributed by atoms with Gasteiger partial charge in [-0.3, -0.25) is 4.79 Å². The number of aromatic nitrogens is 3. The monoisotopic (exact) mass is 440 g/mol. The summed E-state index contributed by atoms with van der Waals surface area (Å²) >= 11 is 0. The lowest BCUT2D eigenvalue weighted by molar-refractivity contribution is -0.117. The Morgan fingerprint density at radius 2 is 1.88 bits per heavy atom. The van der Waals surface area contributed by atoms with E-state index in [9.17, 15) is 13.6 Å². The second-order valence-corrected chi connectivity index (χ2v) is 7.72. The van der Waals surface area contributed by atoms with E-state index in [1.165, 1.54) is 24.3 Å². The van der Waals surface area contributed by atoms with E-state index in [-0.39, 0.29) is 30.8 Å². The van der Waals surface area contributed by atoms with Gasteiger partial charge in [-0.2, -0.15) is 0 Å². The molecule has 0 bridgehead atoms. The third kappa shape index (κ3) is 4.57. The molecular formula is C23H22F2N4O3. The molecule has 1 fully saturated rings. The lowest BCUT2D eigenvalue weighted by Gasteiger charge is -2.20. The Labute approximate surface area is 183 Å². The summed E-state index contributed by atoms with van der Waals surface area (Å²) < 4.78 is 37.9. The van der Waals surface area contributed by atoms with Gasteiger partial charge >= 0.3 is 0 Å². The van der Waals surface area contributed by atoms with Gasteiger partial charge in [0.05, 0.1) is 31.5 Å². The van der Waals surface area contributed by atoms with Gasteiger partial charge in [0.1, 0.15) is 29.0 Å². The van der Waals surface area contributed by atoms with E-state index in [1.54, 1.807) is 32.4 Å². The number of ether oxygens (including phenoxy) is 2. The highest BCUT2D eigenvalue weighted by Crippen LogP contribution is 2.55. The van der Waals surface area contributed by atoms with Crippen LogP contribution in [0.2, 0.25) is 0 Å². The third-order valence-electron chi connectivity index (χ3n) is 5.51. The number of nitrogens with one attached hydrogen (secondary N) is 1. The number of methoxy groups -OCH3 is 1. The second kappa shape index (κ2) is 8.96. The van der Waals surface area contributed by atoms with Crippen LogP contribution in [-0.2, 0) is 21.6 Å². The summed E-state index contributed by atoms with van der Waals surface area (Å²) in [6.45, 7) is 2.19. The Kier molecular flexibility index (Phi) is 6.09. The summed E-state index contributed by atoms with van der Waals surface area (Å²) in [5, 5.41) is 2.71. The molecule has 1 aliphatic carbocycles. The van der Waals surface area contributed by atoms with Crippen LogP contribution in [0, 0.1) is 24.5 Å². The minimum Gasteiger partial charge on any atom is -0.489 e. The first-order chi connectivity index (χ1) is 15.4. The SMILES string of the molecule is COCc1nc(C)ncc1OC[C@@]1(c2ccc(F)cc2)C[C@H]1C(=O)Nc1ccc(F)cn1. The highest BCUT2D eigenvalue weighted by atomic mass is 19.1. The number of hydrogen-bond acceptors (Lipinski definition) is 6. The number of anilines is 1. The largest absolute Gasteiger partial charge is 0.489 e. The summed E-state index contributed by atoms with van der Waals surface area (Å²) in [7, 11) is 1.56. The van der Waals surface area contributed by atoms with Crippen LogP contribution >= 0.6 is 0 Å². The molecule has 166 valence electrons. The maximum Gasteiger partial charge on any atom is 0.229 e. The minimum atomic E-state index is -0.660. The van der Waals surface area contributed by atoms with Crippen molar-refractivity contribution in [1.29, 1.82) is 0 Å². The molecule has 1 aliphatic rings. The van der Waals surface area contributed by atoms with Crippen LogP contribution in [0.3, 0.4) is 0 Å². The quantitative estimate of drug-likeness (QED) is 0.576. The Bertz CT molecular complexity index is 1110. The maximum atomic E-state index is 13.5. The number of amides is 1. The number of benzene rings is 1. The molecule has 2 atom stereocenters. The predicted octanol–water partition coefficient (Wildman–Crippen LogP) is 3.58. The van der Waals surface area contributed by atoms with Crippen molar-refractivity contribution < 1.29 is 23.0 Å². The molecule has 3 aromatic rings. The number of nitrogens with zero attached hydrogens (tertiary/aromatic N) is 3. The molecule has 4 rings (SSSR count). The molecule has 0 aliphatic heterocycles. The van der Waals surface area contributed by atoms with Gasteiger partial charge in [0.25, 0.3) is 0 Å². The van der Waals surface area contributed by atoms with Gasteiger partial charge in [-0.15, -0.1) is 0 Å². The number of pyridine rings is 1. The van der Waals surface area contributed by atoms with E-state index in [2.05, 4.69) is 20.3 Å². The van der Waals surface area contributed by atoms with Crippen molar-refractivity contribution in [2.45, 2.75) is 25.4 Å². The van der Waals surface area contributed by atoms with Crippen molar-refractivity contribution in [3.63, 3.8) is 0 Å². The lowest BCUT2D eigenvalue weighted by Crippen LogP contribution is -2.27. The Hall–Kier alpha value is -3.46. The van der Waals surface area contributed by atoms with Crippen molar-refractivity contribution in [3.8, 4) is 5.75 Å². The Balaban J connectivity index is 1.56. The molecule has 1 saturated carbocycles. The molecule has 0 spiro atoms. The fourth-order valence-corrected chi connectivity index (χ4v) is 3.73. The van der Waals surface area contributed by atoms with Crippen molar-refractivity contribution in [2.24, 2.45) is 5.92 Å². The highest BCUT2D eigenvalue weighted by molar-refractivity contribution is 5.95. The Morgan fingerprint density at radius 3 is 2.56 bits per heavy atom. The molecule has 0 radical (unpaired) electrons. The number of halogens is 2. The normalized spacial score (nSPS) is 19.4. The maximum absolute atomic E-state index is 13.5. The summed E-state index contributed by atoms with van der Waals surface area (Å²) in [4.78, 5) is 25.3. The Morgan fingerprint density at radius 1 is 1.12 bits per heavy atom. The average molecular weight is 440 g/mol. The van der Waals surface area contributed by atoms with Crippen LogP contribution in [0.4, 0.5) is 14.6 Å². The zero-order valence-electron chi connectivity index (χ0n) is 17.6. The van der Waals surface area contributed by atoms with Gasteiger partial charge < -0.3 is 14.8 Å². The molecule has 2 aromatic heterocycles. The van der Waals surface area contributed by atoms with Crippen LogP contribution in [0.5, 0.6) is 5.75 Å². The van der Waals surface area contributed by atoms with E-state index in [0.29, 0.717) is 23.7 Å². The summed E-state index contributed by atoms with van der Waals surface area (Å²) in [6.07, 6.45) is 3.11. The molecule has 9 heteroatoms. The van der Waals surface area contributed by atoms with Crippen LogP contribution in [0.15, 0.2) is 48.8 Å². The molecule has 7 nitrogen and oxygen atoms in total. The summed E-state index contributed by atoms with van der Waals surface area (Å²) in [6, 6.07) is 8.65. The van der Waals surface area contributed by atoms with Gasteiger partial charge in [0.2, 0.25) is 5.91 Å². The van der Waals surface area contributed by atoms with Crippen LogP contribution in [-0.4, -0.2) is 34.6 Å². The first-order valence-electron chi connectivity index (χ1n) is 10.0. The van der Waals surface area contributed by atoms with Crippen LogP contribution < -0.4 is 10.1 Å². The molecule has 0 saturated heterocycles. The molecule has 2 heterocycles. The van der Waals surface area contributed by atoms with Crippen molar-refractivity contribution in [1.82, 2.24) is 15.0 Å². The van der Waals surface area contributed by atoms with Gasteiger partial charge in [-0.1, -0.05) is 12.1 Å². The molecule has 32 heavy (non-hydrogen) atoms. The fourth-order valence-electron chi connectivity index (χ4n) is 3.73. The zero-order valence-corrected chi connectivity index (χ0v) is 17.6. The van der Waals surface area contributed by atoms with Crippen molar-refractivity contribution in [2.75, 3.05) is 19.0 Å². The lowest BCUT2D eigenvalue weighted by atomic mass is 9.93. The number of rotatable bonds is 8. The molecule has 1 amide bonds.